The van der Waals surface area contributed by atoms with Crippen LogP contribution in [0.1, 0.15) is 16.1 Å². The van der Waals surface area contributed by atoms with E-state index in [1.54, 1.807) is 25.1 Å². The molecule has 0 unspecified atom stereocenters. The number of aromatic nitrogens is 2. The van der Waals surface area contributed by atoms with Crippen molar-refractivity contribution in [2.75, 3.05) is 26.3 Å². The predicted molar refractivity (Wildman–Crippen MR) is 86.3 cm³/mol. The van der Waals surface area contributed by atoms with Gasteiger partial charge < -0.3 is 4.74 Å². The molecule has 23 heavy (non-hydrogen) atoms. The van der Waals surface area contributed by atoms with Crippen molar-refractivity contribution in [1.29, 1.82) is 0 Å². The van der Waals surface area contributed by atoms with E-state index in [9.17, 15) is 13.2 Å². The summed E-state index contributed by atoms with van der Waals surface area (Å²) in [6.45, 7) is 3.38. The minimum atomic E-state index is -3.48. The Morgan fingerprint density at radius 2 is 2.09 bits per heavy atom. The zero-order chi connectivity index (χ0) is 16.4. The minimum absolute atomic E-state index is 0.249. The number of ether oxygens (including phenoxy) is 1. The Kier molecular flexibility index (Phi) is 4.62. The molecular weight excluding hydrogens is 338 g/mol. The molecule has 2 aromatic rings. The van der Waals surface area contributed by atoms with Crippen molar-refractivity contribution in [3.05, 3.63) is 44.7 Å². The number of sulfonamides is 1. The molecule has 1 aliphatic rings. The van der Waals surface area contributed by atoms with Crippen molar-refractivity contribution in [3.8, 4) is 0 Å². The van der Waals surface area contributed by atoms with Gasteiger partial charge in [0.05, 0.1) is 18.9 Å². The van der Waals surface area contributed by atoms with Gasteiger partial charge >= 0.3 is 0 Å². The zero-order valence-corrected chi connectivity index (χ0v) is 14.2. The largest absolute Gasteiger partial charge is 0.379 e. The third-order valence-corrected chi connectivity index (χ3v) is 7.03. The first kappa shape index (κ1) is 16.3. The fourth-order valence-electron chi connectivity index (χ4n) is 2.39. The van der Waals surface area contributed by atoms with Gasteiger partial charge in [-0.2, -0.15) is 9.40 Å². The van der Waals surface area contributed by atoms with E-state index in [4.69, 9.17) is 4.74 Å². The number of aryl methyl sites for hydroxylation is 1. The Morgan fingerprint density at radius 1 is 1.35 bits per heavy atom. The Labute approximate surface area is 138 Å². The SMILES string of the molecule is Cc1cc(Cc2ccc(S(=O)(=O)N3CCOCC3)s2)c(=O)[nH]n1. The quantitative estimate of drug-likeness (QED) is 0.874. The van der Waals surface area contributed by atoms with Gasteiger partial charge in [0.2, 0.25) is 0 Å². The monoisotopic (exact) mass is 355 g/mol. The molecular formula is C14H17N3O4S2. The molecule has 3 heterocycles. The number of H-pyrrole nitrogens is 1. The summed E-state index contributed by atoms with van der Waals surface area (Å²) in [4.78, 5) is 12.6. The lowest BCUT2D eigenvalue weighted by molar-refractivity contribution is 0.0731. The van der Waals surface area contributed by atoms with Crippen molar-refractivity contribution in [2.45, 2.75) is 17.6 Å². The molecule has 0 radical (unpaired) electrons. The fourth-order valence-corrected chi connectivity index (χ4v) is 5.33. The minimum Gasteiger partial charge on any atom is -0.379 e. The smallest absolute Gasteiger partial charge is 0.267 e. The summed E-state index contributed by atoms with van der Waals surface area (Å²) in [5, 5.41) is 6.27. The van der Waals surface area contributed by atoms with E-state index in [1.165, 1.54) is 15.6 Å². The van der Waals surface area contributed by atoms with Crippen molar-refractivity contribution in [2.24, 2.45) is 0 Å². The first-order valence-corrected chi connectivity index (χ1v) is 9.44. The number of hydrogen-bond acceptors (Lipinski definition) is 6. The fraction of sp³-hybridized carbons (Fsp3) is 0.429. The van der Waals surface area contributed by atoms with Gasteiger partial charge in [0.15, 0.2) is 0 Å². The highest BCUT2D eigenvalue weighted by molar-refractivity contribution is 7.91. The molecule has 0 bridgehead atoms. The van der Waals surface area contributed by atoms with Crippen molar-refractivity contribution < 1.29 is 13.2 Å². The van der Waals surface area contributed by atoms with Gasteiger partial charge in [-0.15, -0.1) is 11.3 Å². The maximum Gasteiger partial charge on any atom is 0.267 e. The molecule has 0 amide bonds. The van der Waals surface area contributed by atoms with Crippen LogP contribution in [0, 0.1) is 6.92 Å². The van der Waals surface area contributed by atoms with Crippen LogP contribution in [0.3, 0.4) is 0 Å². The number of rotatable bonds is 4. The molecule has 9 heteroatoms. The summed E-state index contributed by atoms with van der Waals surface area (Å²) in [6, 6.07) is 5.08. The molecule has 1 fully saturated rings. The van der Waals surface area contributed by atoms with Gasteiger partial charge in [-0.25, -0.2) is 13.5 Å². The van der Waals surface area contributed by atoms with Crippen LogP contribution in [-0.4, -0.2) is 49.2 Å². The third-order valence-electron chi connectivity index (χ3n) is 3.57. The van der Waals surface area contributed by atoms with E-state index in [-0.39, 0.29) is 5.56 Å². The number of thiophene rings is 1. The summed E-state index contributed by atoms with van der Waals surface area (Å²) < 4.78 is 32.1. The Hall–Kier alpha value is -1.55. The lowest BCUT2D eigenvalue weighted by Gasteiger charge is -2.25. The molecule has 3 rings (SSSR count). The van der Waals surface area contributed by atoms with Gasteiger partial charge in [0, 0.05) is 30.0 Å². The number of nitrogens with one attached hydrogen (secondary N) is 1. The van der Waals surface area contributed by atoms with Crippen LogP contribution in [0.25, 0.3) is 0 Å². The number of nitrogens with zero attached hydrogens (tertiary/aromatic N) is 2. The third kappa shape index (κ3) is 3.52. The van der Waals surface area contributed by atoms with Crippen molar-refractivity contribution in [3.63, 3.8) is 0 Å². The molecule has 0 aliphatic carbocycles. The lowest BCUT2D eigenvalue weighted by atomic mass is 10.2. The van der Waals surface area contributed by atoms with E-state index in [0.29, 0.717) is 42.5 Å². The Bertz CT molecular complexity index is 851. The highest BCUT2D eigenvalue weighted by Gasteiger charge is 2.27. The maximum absolute atomic E-state index is 12.6. The predicted octanol–water partition coefficient (Wildman–Crippen LogP) is 0.752. The second-order valence-electron chi connectivity index (χ2n) is 5.28. The summed E-state index contributed by atoms with van der Waals surface area (Å²) in [6.07, 6.45) is 0.391. The highest BCUT2D eigenvalue weighted by Crippen LogP contribution is 2.26. The number of aromatic amines is 1. The maximum atomic E-state index is 12.6. The summed E-state index contributed by atoms with van der Waals surface area (Å²) >= 11 is 1.20. The molecule has 1 saturated heterocycles. The van der Waals surface area contributed by atoms with Gasteiger partial charge in [-0.3, -0.25) is 4.79 Å². The molecule has 7 nitrogen and oxygen atoms in total. The van der Waals surface area contributed by atoms with E-state index < -0.39 is 10.0 Å². The van der Waals surface area contributed by atoms with Crippen LogP contribution in [0.2, 0.25) is 0 Å². The average Bonchev–Trinajstić information content (AvgIpc) is 3.01. The van der Waals surface area contributed by atoms with Crippen LogP contribution in [-0.2, 0) is 21.2 Å². The second-order valence-corrected chi connectivity index (χ2v) is 8.61. The number of morpholine rings is 1. The lowest BCUT2D eigenvalue weighted by Crippen LogP contribution is -2.40. The first-order valence-electron chi connectivity index (χ1n) is 7.18. The highest BCUT2D eigenvalue weighted by atomic mass is 32.2. The van der Waals surface area contributed by atoms with Gasteiger partial charge in [0.1, 0.15) is 4.21 Å². The molecule has 1 aliphatic heterocycles. The average molecular weight is 355 g/mol. The van der Waals surface area contributed by atoms with Gasteiger partial charge in [0.25, 0.3) is 15.6 Å². The Balaban J connectivity index is 1.82. The zero-order valence-electron chi connectivity index (χ0n) is 12.6. The molecule has 0 atom stereocenters. The summed E-state index contributed by atoms with van der Waals surface area (Å²) in [7, 11) is -3.48. The van der Waals surface area contributed by atoms with Crippen LogP contribution in [0.15, 0.2) is 27.2 Å². The van der Waals surface area contributed by atoms with Crippen LogP contribution < -0.4 is 5.56 Å². The van der Waals surface area contributed by atoms with Gasteiger partial charge in [-0.1, -0.05) is 0 Å². The normalized spacial score (nSPS) is 16.6. The van der Waals surface area contributed by atoms with Crippen LogP contribution in [0.4, 0.5) is 0 Å². The molecule has 2 aromatic heterocycles. The van der Waals surface area contributed by atoms with Crippen LogP contribution in [0.5, 0.6) is 0 Å². The topological polar surface area (TPSA) is 92.4 Å². The summed E-state index contributed by atoms with van der Waals surface area (Å²) in [5.74, 6) is 0. The van der Waals surface area contributed by atoms with Gasteiger partial charge in [-0.05, 0) is 25.1 Å². The molecule has 124 valence electrons. The van der Waals surface area contributed by atoms with Crippen LogP contribution >= 0.6 is 11.3 Å². The van der Waals surface area contributed by atoms with Crippen molar-refractivity contribution >= 4 is 21.4 Å². The molecule has 0 aromatic carbocycles. The molecule has 0 saturated carbocycles. The Morgan fingerprint density at radius 3 is 2.83 bits per heavy atom. The molecule has 1 N–H and O–H groups in total. The molecule has 0 spiro atoms. The number of hydrogen-bond donors (Lipinski definition) is 1. The van der Waals surface area contributed by atoms with E-state index in [1.807, 2.05) is 0 Å². The van der Waals surface area contributed by atoms with E-state index in [2.05, 4.69) is 10.2 Å². The van der Waals surface area contributed by atoms with Crippen molar-refractivity contribution in [1.82, 2.24) is 14.5 Å². The standard InChI is InChI=1S/C14H17N3O4S2/c1-10-8-11(14(18)16-15-10)9-12-2-3-13(22-12)23(19,20)17-4-6-21-7-5-17/h2-3,8H,4-7,9H2,1H3,(H,16,18). The summed E-state index contributed by atoms with van der Waals surface area (Å²) in [5.41, 5.74) is 1.05. The second kappa shape index (κ2) is 6.52. The first-order chi connectivity index (χ1) is 11.0. The van der Waals surface area contributed by atoms with E-state index in [0.717, 1.165) is 10.6 Å². The van der Waals surface area contributed by atoms with E-state index >= 15 is 0 Å².